The zero-order chi connectivity index (χ0) is 21.7. The van der Waals surface area contributed by atoms with Gasteiger partial charge in [-0.2, -0.15) is 13.2 Å². The molecule has 7 nitrogen and oxygen atoms in total. The highest BCUT2D eigenvalue weighted by Gasteiger charge is 2.39. The number of alkyl carbamates (subject to hydrolysis) is 1. The predicted molar refractivity (Wildman–Crippen MR) is 90.9 cm³/mol. The minimum Gasteiger partial charge on any atom is -0.480 e. The Morgan fingerprint density at radius 3 is 2.04 bits per heavy atom. The smallest absolute Gasteiger partial charge is 0.450 e. The van der Waals surface area contributed by atoms with Crippen LogP contribution in [0.1, 0.15) is 43.1 Å². The number of halogens is 3. The van der Waals surface area contributed by atoms with Gasteiger partial charge < -0.3 is 15.2 Å². The van der Waals surface area contributed by atoms with Crippen molar-refractivity contribution in [1.29, 1.82) is 0 Å². The Morgan fingerprint density at radius 1 is 1.07 bits per heavy atom. The monoisotopic (exact) mass is 403 g/mol. The van der Waals surface area contributed by atoms with E-state index in [1.54, 1.807) is 20.8 Å². The summed E-state index contributed by atoms with van der Waals surface area (Å²) in [6, 6.07) is 3.72. The molecule has 154 valence electrons. The number of ether oxygens (including phenoxy) is 1. The van der Waals surface area contributed by atoms with Gasteiger partial charge in [0.1, 0.15) is 11.6 Å². The van der Waals surface area contributed by atoms with E-state index in [4.69, 9.17) is 4.74 Å². The van der Waals surface area contributed by atoms with Gasteiger partial charge in [0.2, 0.25) is 5.78 Å². The third-order valence-electron chi connectivity index (χ3n) is 3.34. The number of nitrogens with one attached hydrogen (secondary N) is 1. The highest BCUT2D eigenvalue weighted by molar-refractivity contribution is 6.09. The Balaban J connectivity index is 2.78. The van der Waals surface area contributed by atoms with Gasteiger partial charge in [0, 0.05) is 12.0 Å². The molecule has 0 spiro atoms. The lowest BCUT2D eigenvalue weighted by Gasteiger charge is -2.22. The zero-order valence-electron chi connectivity index (χ0n) is 15.4. The lowest BCUT2D eigenvalue weighted by Crippen LogP contribution is -2.44. The Hall–Kier alpha value is -2.91. The molecule has 0 aliphatic carbocycles. The van der Waals surface area contributed by atoms with Gasteiger partial charge in [-0.05, 0) is 26.3 Å². The van der Waals surface area contributed by atoms with Gasteiger partial charge in [-0.15, -0.1) is 0 Å². The first-order chi connectivity index (χ1) is 12.7. The van der Waals surface area contributed by atoms with Crippen LogP contribution < -0.4 is 5.32 Å². The fourth-order valence-electron chi connectivity index (χ4n) is 2.06. The fourth-order valence-corrected chi connectivity index (χ4v) is 2.06. The minimum atomic E-state index is -5.09. The van der Waals surface area contributed by atoms with Gasteiger partial charge in [-0.3, -0.25) is 9.59 Å². The van der Waals surface area contributed by atoms with Crippen molar-refractivity contribution >= 4 is 23.6 Å². The molecule has 0 aliphatic rings. The van der Waals surface area contributed by atoms with Crippen molar-refractivity contribution in [1.82, 2.24) is 5.32 Å². The molecular formula is C18H20F3NO6. The SMILES string of the molecule is CC(C)(C)OC(=O)NC(Cc1ccc(C(=O)CC(=O)C(F)(F)F)cc1)C(=O)O. The molecule has 1 aromatic carbocycles. The largest absolute Gasteiger partial charge is 0.480 e. The highest BCUT2D eigenvalue weighted by atomic mass is 19.4. The second-order valence-electron chi connectivity index (χ2n) is 6.96. The summed E-state index contributed by atoms with van der Waals surface area (Å²) in [7, 11) is 0. The second-order valence-corrected chi connectivity index (χ2v) is 6.96. The topological polar surface area (TPSA) is 110 Å². The molecule has 1 rings (SSSR count). The number of Topliss-reactive ketones (excluding diaryl/α,β-unsaturated/α-hetero) is 2. The molecule has 1 atom stereocenters. The van der Waals surface area contributed by atoms with Crippen LogP contribution in [-0.2, 0) is 20.7 Å². The van der Waals surface area contributed by atoms with Gasteiger partial charge in [0.15, 0.2) is 5.78 Å². The summed E-state index contributed by atoms with van der Waals surface area (Å²) in [6.45, 7) is 4.84. The molecule has 0 saturated heterocycles. The van der Waals surface area contributed by atoms with Crippen LogP contribution in [-0.4, -0.2) is 46.6 Å². The molecule has 28 heavy (non-hydrogen) atoms. The van der Waals surface area contributed by atoms with E-state index < -0.39 is 47.9 Å². The molecule has 1 aromatic rings. The number of carboxylic acids is 1. The van der Waals surface area contributed by atoms with Crippen LogP contribution in [0.2, 0.25) is 0 Å². The number of ketones is 2. The normalized spacial score (nSPS) is 12.8. The van der Waals surface area contributed by atoms with E-state index in [1.165, 1.54) is 24.3 Å². The molecule has 0 saturated carbocycles. The van der Waals surface area contributed by atoms with E-state index in [9.17, 15) is 37.5 Å². The standard InChI is InChI=1S/C18H20F3NO6/c1-17(2,3)28-16(27)22-12(15(25)26)8-10-4-6-11(7-5-10)13(23)9-14(24)18(19,20)21/h4-7,12H,8-9H2,1-3H3,(H,22,27)(H,25,26). The van der Waals surface area contributed by atoms with Crippen LogP contribution in [0.5, 0.6) is 0 Å². The van der Waals surface area contributed by atoms with Gasteiger partial charge in [-0.1, -0.05) is 24.3 Å². The van der Waals surface area contributed by atoms with E-state index >= 15 is 0 Å². The van der Waals surface area contributed by atoms with Crippen molar-refractivity contribution in [2.45, 2.75) is 51.4 Å². The second kappa shape index (κ2) is 8.85. The van der Waals surface area contributed by atoms with E-state index in [1.807, 2.05) is 0 Å². The van der Waals surface area contributed by atoms with E-state index in [0.29, 0.717) is 5.56 Å². The average molecular weight is 403 g/mol. The highest BCUT2D eigenvalue weighted by Crippen LogP contribution is 2.19. The Kier molecular flexibility index (Phi) is 7.31. The Labute approximate surface area is 158 Å². The van der Waals surface area contributed by atoms with E-state index in [0.717, 1.165) is 0 Å². The third kappa shape index (κ3) is 7.77. The summed E-state index contributed by atoms with van der Waals surface area (Å²) in [4.78, 5) is 45.7. The molecule has 0 aliphatic heterocycles. The molecule has 10 heteroatoms. The van der Waals surface area contributed by atoms with Crippen LogP contribution in [0.4, 0.5) is 18.0 Å². The lowest BCUT2D eigenvalue weighted by atomic mass is 10.0. The van der Waals surface area contributed by atoms with Crippen LogP contribution in [0.25, 0.3) is 0 Å². The van der Waals surface area contributed by atoms with Gasteiger partial charge in [0.25, 0.3) is 0 Å². The number of amides is 1. The van der Waals surface area contributed by atoms with Crippen molar-refractivity contribution in [2.24, 2.45) is 0 Å². The number of hydrogen-bond donors (Lipinski definition) is 2. The zero-order valence-corrected chi connectivity index (χ0v) is 15.4. The van der Waals surface area contributed by atoms with E-state index in [-0.39, 0.29) is 12.0 Å². The summed E-state index contributed by atoms with van der Waals surface area (Å²) < 4.78 is 41.6. The molecule has 1 unspecified atom stereocenters. The number of carbonyl (C=O) groups excluding carboxylic acids is 3. The van der Waals surface area contributed by atoms with Crippen LogP contribution >= 0.6 is 0 Å². The van der Waals surface area contributed by atoms with Crippen molar-refractivity contribution in [3.05, 3.63) is 35.4 Å². The molecule has 2 N–H and O–H groups in total. The Morgan fingerprint density at radius 2 is 1.61 bits per heavy atom. The number of aliphatic carboxylic acids is 1. The summed E-state index contributed by atoms with van der Waals surface area (Å²) in [5, 5.41) is 11.4. The predicted octanol–water partition coefficient (Wildman–Crippen LogP) is 2.91. The number of alkyl halides is 3. The van der Waals surface area contributed by atoms with Crippen molar-refractivity contribution in [2.75, 3.05) is 0 Å². The first-order valence-electron chi connectivity index (χ1n) is 8.13. The van der Waals surface area contributed by atoms with Crippen LogP contribution in [0.15, 0.2) is 24.3 Å². The van der Waals surface area contributed by atoms with Gasteiger partial charge in [-0.25, -0.2) is 9.59 Å². The number of carbonyl (C=O) groups is 4. The first kappa shape index (κ1) is 23.1. The molecule has 1 amide bonds. The van der Waals surface area contributed by atoms with Crippen LogP contribution in [0, 0.1) is 0 Å². The number of hydrogen-bond acceptors (Lipinski definition) is 5. The maximum atomic E-state index is 12.2. The summed E-state index contributed by atoms with van der Waals surface area (Å²) in [5.74, 6) is -4.47. The van der Waals surface area contributed by atoms with Crippen molar-refractivity contribution in [3.63, 3.8) is 0 Å². The average Bonchev–Trinajstić information content (AvgIpc) is 2.52. The molecule has 0 fully saturated rings. The molecule has 0 radical (unpaired) electrons. The first-order valence-corrected chi connectivity index (χ1v) is 8.13. The maximum Gasteiger partial charge on any atom is 0.450 e. The molecular weight excluding hydrogens is 383 g/mol. The third-order valence-corrected chi connectivity index (χ3v) is 3.34. The molecule has 0 bridgehead atoms. The minimum absolute atomic E-state index is 0.117. The Bertz CT molecular complexity index is 750. The summed E-state index contributed by atoms with van der Waals surface area (Å²) in [6.07, 6.45) is -7.46. The fraction of sp³-hybridized carbons (Fsp3) is 0.444. The van der Waals surface area contributed by atoms with Crippen LogP contribution in [0.3, 0.4) is 0 Å². The van der Waals surface area contributed by atoms with Gasteiger partial charge >= 0.3 is 18.2 Å². The maximum absolute atomic E-state index is 12.2. The lowest BCUT2D eigenvalue weighted by molar-refractivity contribution is -0.170. The van der Waals surface area contributed by atoms with Gasteiger partial charge in [0.05, 0.1) is 6.42 Å². The number of benzene rings is 1. The summed E-state index contributed by atoms with van der Waals surface area (Å²) in [5.41, 5.74) is -0.529. The number of rotatable bonds is 7. The molecule has 0 aromatic heterocycles. The summed E-state index contributed by atoms with van der Waals surface area (Å²) >= 11 is 0. The molecule has 0 heterocycles. The number of carboxylic acid groups (broad SMARTS) is 1. The van der Waals surface area contributed by atoms with Crippen molar-refractivity contribution in [3.8, 4) is 0 Å². The quantitative estimate of drug-likeness (QED) is 0.535. The van der Waals surface area contributed by atoms with Crippen molar-refractivity contribution < 1.29 is 42.2 Å². The van der Waals surface area contributed by atoms with E-state index in [2.05, 4.69) is 5.32 Å².